The Morgan fingerprint density at radius 2 is 1.77 bits per heavy atom. The molecular formula is C20H14FI2NO2. The molecule has 0 saturated carbocycles. The molecule has 0 N–H and O–H groups in total. The second-order valence-electron chi connectivity index (χ2n) is 6.10. The van der Waals surface area contributed by atoms with Crippen LogP contribution in [0.3, 0.4) is 0 Å². The molecule has 3 nitrogen and oxygen atoms in total. The molecule has 0 spiro atoms. The Bertz CT molecular complexity index is 1010. The molecule has 26 heavy (non-hydrogen) atoms. The lowest BCUT2D eigenvalue weighted by atomic mass is 9.96. The third kappa shape index (κ3) is 3.06. The molecule has 0 saturated heterocycles. The number of alkyl halides is 3. The van der Waals surface area contributed by atoms with E-state index in [1.165, 1.54) is 4.90 Å². The number of carbonyl (C=O) groups excluding carboxylic acids is 1. The summed E-state index contributed by atoms with van der Waals surface area (Å²) in [5, 5.41) is 1.88. The van der Waals surface area contributed by atoms with E-state index in [9.17, 15) is 9.18 Å². The van der Waals surface area contributed by atoms with Crippen LogP contribution in [0.15, 0.2) is 54.6 Å². The van der Waals surface area contributed by atoms with Gasteiger partial charge >= 0.3 is 0 Å². The van der Waals surface area contributed by atoms with Crippen LogP contribution in [-0.2, 0) is 0 Å². The highest BCUT2D eigenvalue weighted by Gasteiger charge is 2.35. The van der Waals surface area contributed by atoms with Crippen molar-refractivity contribution in [2.75, 3.05) is 18.6 Å². The van der Waals surface area contributed by atoms with E-state index in [1.807, 2.05) is 54.6 Å². The molecule has 4 rings (SSSR count). The lowest BCUT2D eigenvalue weighted by Gasteiger charge is -2.22. The van der Waals surface area contributed by atoms with Crippen LogP contribution < -0.4 is 9.64 Å². The maximum atomic E-state index is 14.2. The van der Waals surface area contributed by atoms with Crippen LogP contribution in [0, 0.1) is 0 Å². The van der Waals surface area contributed by atoms with Gasteiger partial charge in [0.1, 0.15) is 5.75 Å². The van der Waals surface area contributed by atoms with Crippen LogP contribution in [0.4, 0.5) is 10.1 Å². The van der Waals surface area contributed by atoms with Crippen LogP contribution in [0.1, 0.15) is 10.4 Å². The molecule has 0 bridgehead atoms. The van der Waals surface area contributed by atoms with Gasteiger partial charge in [-0.05, 0) is 86.0 Å². The number of ether oxygens (including phenoxy) is 1. The third-order valence-corrected chi connectivity index (χ3v) is 5.21. The average molecular weight is 573 g/mol. The number of hydrogen-bond acceptors (Lipinski definition) is 2. The molecule has 0 fully saturated rings. The standard InChI is InChI=1S/C20H14FI2NO2/c1-26-13-7-5-12(6-8-13)14-9-10-17-18-15(14)3-2-4-16(18)19(25)24(17)11-20(21,22)23/h2-10H,11H2,1H3. The van der Waals surface area contributed by atoms with E-state index in [4.69, 9.17) is 4.74 Å². The number of nitrogens with zero attached hydrogens (tertiary/aromatic N) is 1. The van der Waals surface area contributed by atoms with Crippen molar-refractivity contribution in [3.63, 3.8) is 0 Å². The molecule has 3 aromatic carbocycles. The molecule has 0 atom stereocenters. The molecular weight excluding hydrogens is 559 g/mol. The summed E-state index contributed by atoms with van der Waals surface area (Å²) in [6.45, 7) is 0.0125. The number of halogens is 3. The van der Waals surface area contributed by atoms with E-state index in [2.05, 4.69) is 0 Å². The van der Waals surface area contributed by atoms with Gasteiger partial charge in [0.15, 0.2) is 0 Å². The van der Waals surface area contributed by atoms with Gasteiger partial charge in [0.25, 0.3) is 5.91 Å². The number of carbonyl (C=O) groups is 1. The van der Waals surface area contributed by atoms with Crippen molar-refractivity contribution in [1.82, 2.24) is 0 Å². The molecule has 0 aromatic heterocycles. The molecule has 132 valence electrons. The molecule has 0 radical (unpaired) electrons. The van der Waals surface area contributed by atoms with Crippen molar-refractivity contribution in [2.24, 2.45) is 0 Å². The predicted molar refractivity (Wildman–Crippen MR) is 119 cm³/mol. The number of benzene rings is 3. The van der Waals surface area contributed by atoms with E-state index in [1.54, 1.807) is 52.3 Å². The number of amides is 1. The van der Waals surface area contributed by atoms with Crippen molar-refractivity contribution in [2.45, 2.75) is 1.68 Å². The topological polar surface area (TPSA) is 29.5 Å². The highest BCUT2D eigenvalue weighted by Crippen LogP contribution is 2.44. The Labute approximate surface area is 177 Å². The number of hydrogen-bond donors (Lipinski definition) is 0. The second kappa shape index (κ2) is 6.63. The van der Waals surface area contributed by atoms with Gasteiger partial charge in [0, 0.05) is 10.9 Å². The van der Waals surface area contributed by atoms with E-state index in [0.29, 0.717) is 5.56 Å². The SMILES string of the molecule is COc1ccc(-c2ccc3c4c(cccc24)C(=O)N3CC(F)(I)I)cc1. The number of rotatable bonds is 4. The fourth-order valence-electron chi connectivity index (χ4n) is 3.40. The average Bonchev–Trinajstić information content (AvgIpc) is 2.88. The first kappa shape index (κ1) is 18.0. The van der Waals surface area contributed by atoms with Gasteiger partial charge in [-0.2, -0.15) is 0 Å². The van der Waals surface area contributed by atoms with Gasteiger partial charge in [-0.25, -0.2) is 4.39 Å². The summed E-state index contributed by atoms with van der Waals surface area (Å²) in [5.41, 5.74) is 3.49. The molecule has 0 unspecified atom stereocenters. The molecule has 1 aliphatic heterocycles. The fourth-order valence-corrected chi connectivity index (χ4v) is 4.09. The molecule has 0 aliphatic carbocycles. The van der Waals surface area contributed by atoms with Crippen molar-refractivity contribution in [3.05, 3.63) is 60.2 Å². The van der Waals surface area contributed by atoms with E-state index in [0.717, 1.165) is 33.3 Å². The molecule has 1 amide bonds. The highest BCUT2D eigenvalue weighted by molar-refractivity contribution is 14.2. The molecule has 3 aromatic rings. The minimum absolute atomic E-state index is 0.0125. The fraction of sp³-hybridized carbons (Fsp3) is 0.150. The lowest BCUT2D eigenvalue weighted by molar-refractivity contribution is 0.0990. The third-order valence-electron chi connectivity index (χ3n) is 4.52. The van der Waals surface area contributed by atoms with Crippen LogP contribution >= 0.6 is 45.2 Å². The summed E-state index contributed by atoms with van der Waals surface area (Å²) in [6, 6.07) is 17.4. The van der Waals surface area contributed by atoms with Crippen LogP contribution in [0.25, 0.3) is 21.9 Å². The van der Waals surface area contributed by atoms with Gasteiger partial charge in [-0.3, -0.25) is 4.79 Å². The van der Waals surface area contributed by atoms with Crippen LogP contribution in [0.5, 0.6) is 5.75 Å². The van der Waals surface area contributed by atoms with Crippen molar-refractivity contribution in [3.8, 4) is 16.9 Å². The Hall–Kier alpha value is -1.42. The zero-order valence-electron chi connectivity index (χ0n) is 13.8. The van der Waals surface area contributed by atoms with Gasteiger partial charge in [0.2, 0.25) is 1.68 Å². The molecule has 6 heteroatoms. The quantitative estimate of drug-likeness (QED) is 0.285. The summed E-state index contributed by atoms with van der Waals surface area (Å²) in [7, 11) is 1.64. The van der Waals surface area contributed by atoms with Gasteiger partial charge in [-0.15, -0.1) is 0 Å². The largest absolute Gasteiger partial charge is 0.497 e. The van der Waals surface area contributed by atoms with E-state index in [-0.39, 0.29) is 12.5 Å². The summed E-state index contributed by atoms with van der Waals surface area (Å²) >= 11 is 3.44. The maximum Gasteiger partial charge on any atom is 0.259 e. The first-order valence-corrected chi connectivity index (χ1v) is 10.1. The Balaban J connectivity index is 1.89. The normalized spacial score (nSPS) is 13.5. The minimum atomic E-state index is -1.52. The van der Waals surface area contributed by atoms with E-state index < -0.39 is 1.68 Å². The maximum absolute atomic E-state index is 14.2. The van der Waals surface area contributed by atoms with Gasteiger partial charge in [-0.1, -0.05) is 30.3 Å². The molecule has 1 heterocycles. The zero-order valence-corrected chi connectivity index (χ0v) is 18.1. The minimum Gasteiger partial charge on any atom is -0.497 e. The van der Waals surface area contributed by atoms with Gasteiger partial charge in [0.05, 0.1) is 19.3 Å². The summed E-state index contributed by atoms with van der Waals surface area (Å²) < 4.78 is 17.9. The van der Waals surface area contributed by atoms with Gasteiger partial charge < -0.3 is 9.64 Å². The Morgan fingerprint density at radius 1 is 1.04 bits per heavy atom. The van der Waals surface area contributed by atoms with Crippen molar-refractivity contribution >= 4 is 67.5 Å². The summed E-state index contributed by atoms with van der Waals surface area (Å²) in [4.78, 5) is 14.4. The highest BCUT2D eigenvalue weighted by atomic mass is 127. The Kier molecular flexibility index (Phi) is 4.58. The van der Waals surface area contributed by atoms with Crippen LogP contribution in [0.2, 0.25) is 0 Å². The number of anilines is 1. The summed E-state index contributed by atoms with van der Waals surface area (Å²) in [5.74, 6) is 0.650. The predicted octanol–water partition coefficient (Wildman–Crippen LogP) is 5.97. The zero-order chi connectivity index (χ0) is 18.5. The lowest BCUT2D eigenvalue weighted by Crippen LogP contribution is -2.34. The molecule has 1 aliphatic rings. The van der Waals surface area contributed by atoms with Crippen molar-refractivity contribution in [1.29, 1.82) is 0 Å². The van der Waals surface area contributed by atoms with Crippen LogP contribution in [-0.4, -0.2) is 21.2 Å². The monoisotopic (exact) mass is 573 g/mol. The second-order valence-corrected chi connectivity index (χ2v) is 11.6. The number of methoxy groups -OCH3 is 1. The summed E-state index contributed by atoms with van der Waals surface area (Å²) in [6.07, 6.45) is 0. The van der Waals surface area contributed by atoms with Crippen molar-refractivity contribution < 1.29 is 13.9 Å². The first-order valence-electron chi connectivity index (χ1n) is 7.98. The van der Waals surface area contributed by atoms with E-state index >= 15 is 0 Å². The smallest absolute Gasteiger partial charge is 0.259 e. The Morgan fingerprint density at radius 3 is 2.42 bits per heavy atom. The first-order chi connectivity index (χ1) is 12.4.